The second-order valence-corrected chi connectivity index (χ2v) is 2.43. The third-order valence-electron chi connectivity index (χ3n) is 1.14. The van der Waals surface area contributed by atoms with Crippen molar-refractivity contribution in [3.63, 3.8) is 0 Å². The Balaban J connectivity index is 3.50. The fourth-order valence-corrected chi connectivity index (χ4v) is 0.655. The predicted octanol–water partition coefficient (Wildman–Crippen LogP) is -0.987. The van der Waals surface area contributed by atoms with Crippen LogP contribution >= 0.6 is 0 Å². The first-order chi connectivity index (χ1) is 5.56. The van der Waals surface area contributed by atoms with E-state index in [0.717, 1.165) is 0 Å². The van der Waals surface area contributed by atoms with Gasteiger partial charge in [0.2, 0.25) is 5.91 Å². The Morgan fingerprint density at radius 1 is 1.58 bits per heavy atom. The van der Waals surface area contributed by atoms with E-state index in [1.807, 2.05) is 0 Å². The van der Waals surface area contributed by atoms with Crippen molar-refractivity contribution in [1.82, 2.24) is 5.32 Å². The number of nitrogens with one attached hydrogen (secondary N) is 1. The monoisotopic (exact) mass is 174 g/mol. The van der Waals surface area contributed by atoms with Gasteiger partial charge in [0.25, 0.3) is 0 Å². The van der Waals surface area contributed by atoms with Gasteiger partial charge < -0.3 is 15.8 Å². The number of hydrogen-bond acceptors (Lipinski definition) is 4. The summed E-state index contributed by atoms with van der Waals surface area (Å²) in [7, 11) is 0. The molecular weight excluding hydrogens is 160 g/mol. The van der Waals surface area contributed by atoms with Gasteiger partial charge in [-0.25, -0.2) is 0 Å². The van der Waals surface area contributed by atoms with Crippen molar-refractivity contribution in [2.45, 2.75) is 20.0 Å². The van der Waals surface area contributed by atoms with Gasteiger partial charge in [-0.15, -0.1) is 0 Å². The molecule has 0 saturated heterocycles. The molecule has 1 atom stereocenters. The van der Waals surface area contributed by atoms with Crippen molar-refractivity contribution < 1.29 is 14.3 Å². The van der Waals surface area contributed by atoms with E-state index in [-0.39, 0.29) is 24.5 Å². The van der Waals surface area contributed by atoms with Crippen molar-refractivity contribution in [3.05, 3.63) is 0 Å². The van der Waals surface area contributed by atoms with E-state index in [1.165, 1.54) is 6.92 Å². The van der Waals surface area contributed by atoms with E-state index < -0.39 is 0 Å². The van der Waals surface area contributed by atoms with Gasteiger partial charge in [0.05, 0.1) is 13.1 Å². The van der Waals surface area contributed by atoms with Crippen LogP contribution in [0.3, 0.4) is 0 Å². The minimum atomic E-state index is -0.357. The summed E-state index contributed by atoms with van der Waals surface area (Å²) in [5, 5.41) is 2.50. The molecule has 0 rings (SSSR count). The van der Waals surface area contributed by atoms with Crippen molar-refractivity contribution in [2.24, 2.45) is 5.73 Å². The first-order valence-electron chi connectivity index (χ1n) is 3.70. The smallest absolute Gasteiger partial charge is 0.302 e. The lowest BCUT2D eigenvalue weighted by atomic mass is 10.4. The highest BCUT2D eigenvalue weighted by atomic mass is 16.5. The van der Waals surface area contributed by atoms with Crippen LogP contribution in [-0.2, 0) is 14.3 Å². The zero-order chi connectivity index (χ0) is 9.56. The van der Waals surface area contributed by atoms with Crippen LogP contribution in [0.4, 0.5) is 0 Å². The predicted molar refractivity (Wildman–Crippen MR) is 43.3 cm³/mol. The Hall–Kier alpha value is -1.10. The fraction of sp³-hybridized carbons (Fsp3) is 0.714. The number of ether oxygens (including phenoxy) is 1. The van der Waals surface area contributed by atoms with Gasteiger partial charge in [0.15, 0.2) is 0 Å². The Morgan fingerprint density at radius 2 is 2.17 bits per heavy atom. The molecule has 3 N–H and O–H groups in total. The largest absolute Gasteiger partial charge is 0.461 e. The molecule has 0 bridgehead atoms. The summed E-state index contributed by atoms with van der Waals surface area (Å²) in [5.74, 6) is -0.613. The van der Waals surface area contributed by atoms with E-state index in [2.05, 4.69) is 5.32 Å². The molecule has 0 aromatic carbocycles. The number of hydrogen-bond donors (Lipinski definition) is 2. The SMILES string of the molecule is CC(=O)OC(C)CNC(=O)CN. The lowest BCUT2D eigenvalue weighted by Gasteiger charge is -2.11. The summed E-state index contributed by atoms with van der Waals surface area (Å²) < 4.78 is 4.75. The number of carbonyl (C=O) groups is 2. The van der Waals surface area contributed by atoms with Crippen LogP contribution in [0, 0.1) is 0 Å². The molecule has 70 valence electrons. The van der Waals surface area contributed by atoms with E-state index in [4.69, 9.17) is 10.5 Å². The number of nitrogens with two attached hydrogens (primary N) is 1. The Kier molecular flexibility index (Phi) is 5.03. The van der Waals surface area contributed by atoms with Gasteiger partial charge in [0, 0.05) is 6.92 Å². The van der Waals surface area contributed by atoms with Crippen LogP contribution < -0.4 is 11.1 Å². The molecule has 0 radical (unpaired) electrons. The summed E-state index contributed by atoms with van der Waals surface area (Å²) in [4.78, 5) is 21.0. The number of amides is 1. The highest BCUT2D eigenvalue weighted by Gasteiger charge is 2.05. The number of rotatable bonds is 4. The molecule has 0 spiro atoms. The van der Waals surface area contributed by atoms with Crippen LogP contribution in [0.5, 0.6) is 0 Å². The number of esters is 1. The molecule has 1 amide bonds. The summed E-state index contributed by atoms with van der Waals surface area (Å²) >= 11 is 0. The topological polar surface area (TPSA) is 81.4 Å². The average Bonchev–Trinajstić information content (AvgIpc) is 1.99. The van der Waals surface area contributed by atoms with Gasteiger partial charge >= 0.3 is 5.97 Å². The lowest BCUT2D eigenvalue weighted by molar-refractivity contribution is -0.145. The van der Waals surface area contributed by atoms with E-state index in [1.54, 1.807) is 6.92 Å². The highest BCUT2D eigenvalue weighted by Crippen LogP contribution is 1.88. The van der Waals surface area contributed by atoms with E-state index in [9.17, 15) is 9.59 Å². The van der Waals surface area contributed by atoms with Crippen molar-refractivity contribution in [3.8, 4) is 0 Å². The molecule has 5 heteroatoms. The molecule has 0 aliphatic carbocycles. The summed E-state index contributed by atoms with van der Waals surface area (Å²) in [6.45, 7) is 3.27. The summed E-state index contributed by atoms with van der Waals surface area (Å²) in [6.07, 6.45) is -0.307. The van der Waals surface area contributed by atoms with E-state index >= 15 is 0 Å². The molecule has 0 aromatic rings. The summed E-state index contributed by atoms with van der Waals surface area (Å²) in [5.41, 5.74) is 5.04. The van der Waals surface area contributed by atoms with Crippen molar-refractivity contribution >= 4 is 11.9 Å². The highest BCUT2D eigenvalue weighted by molar-refractivity contribution is 5.77. The molecular formula is C7H14N2O3. The van der Waals surface area contributed by atoms with Crippen molar-refractivity contribution in [2.75, 3.05) is 13.1 Å². The van der Waals surface area contributed by atoms with E-state index in [0.29, 0.717) is 6.54 Å². The van der Waals surface area contributed by atoms with Crippen LogP contribution in [0.25, 0.3) is 0 Å². The third-order valence-corrected chi connectivity index (χ3v) is 1.14. The molecule has 0 aromatic heterocycles. The van der Waals surface area contributed by atoms with Crippen LogP contribution in [0.15, 0.2) is 0 Å². The molecule has 0 aliphatic heterocycles. The maximum atomic E-state index is 10.6. The second kappa shape index (κ2) is 5.54. The minimum Gasteiger partial charge on any atom is -0.461 e. The first kappa shape index (κ1) is 10.9. The van der Waals surface area contributed by atoms with Crippen LogP contribution in [0.2, 0.25) is 0 Å². The Morgan fingerprint density at radius 3 is 2.58 bits per heavy atom. The maximum absolute atomic E-state index is 10.6. The second-order valence-electron chi connectivity index (χ2n) is 2.43. The zero-order valence-electron chi connectivity index (χ0n) is 7.29. The number of carbonyl (C=O) groups excluding carboxylic acids is 2. The third kappa shape index (κ3) is 5.67. The average molecular weight is 174 g/mol. The standard InChI is InChI=1S/C7H14N2O3/c1-5(12-6(2)10)4-9-7(11)3-8/h5H,3-4,8H2,1-2H3,(H,9,11). The zero-order valence-corrected chi connectivity index (χ0v) is 7.29. The molecule has 12 heavy (non-hydrogen) atoms. The summed E-state index contributed by atoms with van der Waals surface area (Å²) in [6, 6.07) is 0. The molecule has 0 heterocycles. The van der Waals surface area contributed by atoms with Crippen LogP contribution in [0.1, 0.15) is 13.8 Å². The van der Waals surface area contributed by atoms with Crippen LogP contribution in [-0.4, -0.2) is 31.1 Å². The van der Waals surface area contributed by atoms with Gasteiger partial charge in [-0.3, -0.25) is 9.59 Å². The molecule has 0 saturated carbocycles. The fourth-order valence-electron chi connectivity index (χ4n) is 0.655. The Bertz CT molecular complexity index is 170. The van der Waals surface area contributed by atoms with Gasteiger partial charge in [-0.05, 0) is 6.92 Å². The molecule has 5 nitrogen and oxygen atoms in total. The maximum Gasteiger partial charge on any atom is 0.302 e. The first-order valence-corrected chi connectivity index (χ1v) is 3.70. The molecule has 1 unspecified atom stereocenters. The van der Waals surface area contributed by atoms with Gasteiger partial charge in [-0.2, -0.15) is 0 Å². The van der Waals surface area contributed by atoms with Crippen molar-refractivity contribution in [1.29, 1.82) is 0 Å². The molecule has 0 fully saturated rings. The van der Waals surface area contributed by atoms with Gasteiger partial charge in [0.1, 0.15) is 6.10 Å². The lowest BCUT2D eigenvalue weighted by Crippen LogP contribution is -2.36. The molecule has 0 aliphatic rings. The normalized spacial score (nSPS) is 11.9. The Labute approximate surface area is 71.3 Å². The minimum absolute atomic E-state index is 0.0488. The quantitative estimate of drug-likeness (QED) is 0.536. The van der Waals surface area contributed by atoms with Gasteiger partial charge in [-0.1, -0.05) is 0 Å².